The summed E-state index contributed by atoms with van der Waals surface area (Å²) >= 11 is 0. The van der Waals surface area contributed by atoms with Crippen molar-refractivity contribution < 1.29 is 22.7 Å². The number of amides is 1. The second-order valence-corrected chi connectivity index (χ2v) is 8.58. The van der Waals surface area contributed by atoms with Gasteiger partial charge in [0.1, 0.15) is 17.5 Å². The average Bonchev–Trinajstić information content (AvgIpc) is 2.69. The van der Waals surface area contributed by atoms with E-state index in [1.807, 2.05) is 27.7 Å². The van der Waals surface area contributed by atoms with Gasteiger partial charge in [0.15, 0.2) is 0 Å². The molecule has 0 radical (unpaired) electrons. The van der Waals surface area contributed by atoms with E-state index in [0.717, 1.165) is 12.1 Å². The highest BCUT2D eigenvalue weighted by Gasteiger charge is 2.64. The third-order valence-corrected chi connectivity index (χ3v) is 5.68. The summed E-state index contributed by atoms with van der Waals surface area (Å²) in [6.07, 6.45) is -3.59. The third kappa shape index (κ3) is 3.72. The highest BCUT2D eigenvalue weighted by Crippen LogP contribution is 2.55. The molecule has 0 spiro atoms. The summed E-state index contributed by atoms with van der Waals surface area (Å²) in [6.45, 7) is 7.56. The standard InChI is InChI=1S/C22H22F3N3O2/c1-20(2)18(28-17(29)16-7-5-6-10-27-16)21(3,4)19(20)30-14-9-8-13(12-26)15(11-14)22(23,24)25/h5-11,18-19H,1-4H3,(H,28,29). The number of nitrogens with one attached hydrogen (secondary N) is 1. The molecule has 0 atom stereocenters. The first-order valence-corrected chi connectivity index (χ1v) is 9.39. The summed E-state index contributed by atoms with van der Waals surface area (Å²) in [5.41, 5.74) is -2.31. The number of hydrogen-bond acceptors (Lipinski definition) is 4. The maximum atomic E-state index is 13.3. The molecule has 3 rings (SSSR count). The van der Waals surface area contributed by atoms with Crippen molar-refractivity contribution in [3.63, 3.8) is 0 Å². The maximum absolute atomic E-state index is 13.3. The predicted molar refractivity (Wildman–Crippen MR) is 104 cm³/mol. The van der Waals surface area contributed by atoms with E-state index in [0.29, 0.717) is 0 Å². The second kappa shape index (κ2) is 7.31. The van der Waals surface area contributed by atoms with Crippen LogP contribution in [0.15, 0.2) is 42.6 Å². The molecule has 8 heteroatoms. The molecule has 1 heterocycles. The Morgan fingerprint density at radius 3 is 2.37 bits per heavy atom. The van der Waals surface area contributed by atoms with Gasteiger partial charge in [-0.2, -0.15) is 18.4 Å². The van der Waals surface area contributed by atoms with Gasteiger partial charge in [-0.25, -0.2) is 0 Å². The normalized spacial score (nSPS) is 21.8. The van der Waals surface area contributed by atoms with Gasteiger partial charge >= 0.3 is 6.18 Å². The molecule has 2 aromatic rings. The maximum Gasteiger partial charge on any atom is 0.417 e. The lowest BCUT2D eigenvalue weighted by molar-refractivity contribution is -0.164. The summed E-state index contributed by atoms with van der Waals surface area (Å²) in [5.74, 6) is -0.292. The van der Waals surface area contributed by atoms with Gasteiger partial charge in [0.25, 0.3) is 5.91 Å². The van der Waals surface area contributed by atoms with Crippen molar-refractivity contribution in [3.05, 3.63) is 59.4 Å². The molecular weight excluding hydrogens is 395 g/mol. The fourth-order valence-corrected chi connectivity index (χ4v) is 4.57. The molecular formula is C22H22F3N3O2. The van der Waals surface area contributed by atoms with Gasteiger partial charge in [-0.15, -0.1) is 0 Å². The van der Waals surface area contributed by atoms with E-state index in [4.69, 9.17) is 10.00 Å². The highest BCUT2D eigenvalue weighted by molar-refractivity contribution is 5.92. The number of benzene rings is 1. The number of nitrogens with zero attached hydrogens (tertiary/aromatic N) is 2. The Labute approximate surface area is 172 Å². The van der Waals surface area contributed by atoms with Crippen LogP contribution in [-0.4, -0.2) is 23.0 Å². The molecule has 1 aromatic heterocycles. The molecule has 1 aliphatic carbocycles. The Balaban J connectivity index is 1.82. The van der Waals surface area contributed by atoms with E-state index < -0.39 is 34.2 Å². The summed E-state index contributed by atoms with van der Waals surface area (Å²) in [4.78, 5) is 16.6. The van der Waals surface area contributed by atoms with Crippen LogP contribution in [0.3, 0.4) is 0 Å². The highest BCUT2D eigenvalue weighted by atomic mass is 19.4. The van der Waals surface area contributed by atoms with Crippen LogP contribution >= 0.6 is 0 Å². The summed E-state index contributed by atoms with van der Waals surface area (Å²) < 4.78 is 45.7. The van der Waals surface area contributed by atoms with E-state index in [-0.39, 0.29) is 23.4 Å². The molecule has 158 valence electrons. The van der Waals surface area contributed by atoms with Crippen molar-refractivity contribution >= 4 is 5.91 Å². The van der Waals surface area contributed by atoms with Crippen molar-refractivity contribution in [2.45, 2.75) is 46.0 Å². The molecule has 1 fully saturated rings. The lowest BCUT2D eigenvalue weighted by Crippen LogP contribution is -2.74. The fourth-order valence-electron chi connectivity index (χ4n) is 4.57. The Hall–Kier alpha value is -3.08. The molecule has 0 bridgehead atoms. The fraction of sp³-hybridized carbons (Fsp3) is 0.409. The number of aromatic nitrogens is 1. The number of carbonyl (C=O) groups is 1. The van der Waals surface area contributed by atoms with Gasteiger partial charge in [-0.05, 0) is 30.3 Å². The van der Waals surface area contributed by atoms with Crippen LogP contribution in [0.1, 0.15) is 49.3 Å². The van der Waals surface area contributed by atoms with E-state index in [1.54, 1.807) is 24.3 Å². The number of rotatable bonds is 4. The number of hydrogen-bond donors (Lipinski definition) is 1. The molecule has 0 unspecified atom stereocenters. The second-order valence-electron chi connectivity index (χ2n) is 8.58. The van der Waals surface area contributed by atoms with E-state index in [9.17, 15) is 18.0 Å². The first kappa shape index (κ1) is 21.6. The van der Waals surface area contributed by atoms with Crippen LogP contribution in [0.5, 0.6) is 5.75 Å². The number of halogens is 3. The molecule has 1 amide bonds. The van der Waals surface area contributed by atoms with Crippen LogP contribution in [-0.2, 0) is 6.18 Å². The number of nitriles is 1. The van der Waals surface area contributed by atoms with Gasteiger partial charge in [-0.1, -0.05) is 33.8 Å². The number of pyridine rings is 1. The molecule has 0 saturated heterocycles. The molecule has 0 aliphatic heterocycles. The number of alkyl halides is 3. The first-order chi connectivity index (χ1) is 13.9. The van der Waals surface area contributed by atoms with Crippen molar-refractivity contribution in [1.29, 1.82) is 5.26 Å². The Bertz CT molecular complexity index is 979. The monoisotopic (exact) mass is 417 g/mol. The molecule has 30 heavy (non-hydrogen) atoms. The Morgan fingerprint density at radius 2 is 1.83 bits per heavy atom. The lowest BCUT2D eigenvalue weighted by Gasteiger charge is -2.63. The Morgan fingerprint density at radius 1 is 1.17 bits per heavy atom. The zero-order valence-corrected chi connectivity index (χ0v) is 17.0. The van der Waals surface area contributed by atoms with Crippen LogP contribution in [0.25, 0.3) is 0 Å². The Kier molecular flexibility index (Phi) is 5.27. The quantitative estimate of drug-likeness (QED) is 0.790. The molecule has 1 aromatic carbocycles. The molecule has 1 aliphatic rings. The smallest absolute Gasteiger partial charge is 0.417 e. The van der Waals surface area contributed by atoms with Crippen LogP contribution in [0.2, 0.25) is 0 Å². The largest absolute Gasteiger partial charge is 0.489 e. The van der Waals surface area contributed by atoms with Crippen LogP contribution in [0.4, 0.5) is 13.2 Å². The SMILES string of the molecule is CC1(C)C(NC(=O)c2ccccn2)C(C)(C)C1Oc1ccc(C#N)c(C(F)(F)F)c1. The van der Waals surface area contributed by atoms with E-state index in [1.165, 1.54) is 12.3 Å². The average molecular weight is 417 g/mol. The van der Waals surface area contributed by atoms with Crippen molar-refractivity contribution in [2.24, 2.45) is 10.8 Å². The lowest BCUT2D eigenvalue weighted by atomic mass is 9.49. The van der Waals surface area contributed by atoms with Gasteiger partial charge in [0.2, 0.25) is 0 Å². The zero-order chi connectivity index (χ0) is 22.3. The topological polar surface area (TPSA) is 75.0 Å². The molecule has 1 N–H and O–H groups in total. The minimum absolute atomic E-state index is 0.0296. The minimum atomic E-state index is -4.66. The molecule has 5 nitrogen and oxygen atoms in total. The van der Waals surface area contributed by atoms with Gasteiger partial charge in [-0.3, -0.25) is 9.78 Å². The van der Waals surface area contributed by atoms with Crippen LogP contribution < -0.4 is 10.1 Å². The molecule has 1 saturated carbocycles. The summed E-state index contributed by atoms with van der Waals surface area (Å²) in [6, 6.07) is 9.63. The van der Waals surface area contributed by atoms with Gasteiger partial charge < -0.3 is 10.1 Å². The van der Waals surface area contributed by atoms with Gasteiger partial charge in [0, 0.05) is 23.1 Å². The van der Waals surface area contributed by atoms with Crippen molar-refractivity contribution in [3.8, 4) is 11.8 Å². The van der Waals surface area contributed by atoms with Gasteiger partial charge in [0.05, 0.1) is 17.2 Å². The summed E-state index contributed by atoms with van der Waals surface area (Å²) in [5, 5.41) is 11.9. The van der Waals surface area contributed by atoms with Crippen molar-refractivity contribution in [2.75, 3.05) is 0 Å². The first-order valence-electron chi connectivity index (χ1n) is 9.39. The van der Waals surface area contributed by atoms with Crippen molar-refractivity contribution in [1.82, 2.24) is 10.3 Å². The number of ether oxygens (including phenoxy) is 1. The zero-order valence-electron chi connectivity index (χ0n) is 17.0. The summed E-state index contributed by atoms with van der Waals surface area (Å²) in [7, 11) is 0. The predicted octanol–water partition coefficient (Wildman–Crippen LogP) is 4.58. The third-order valence-electron chi connectivity index (χ3n) is 5.68. The number of carbonyl (C=O) groups excluding carboxylic acids is 1. The minimum Gasteiger partial charge on any atom is -0.489 e. The van der Waals surface area contributed by atoms with E-state index >= 15 is 0 Å². The van der Waals surface area contributed by atoms with Crippen LogP contribution in [0, 0.1) is 22.2 Å². The van der Waals surface area contributed by atoms with E-state index in [2.05, 4.69) is 10.3 Å².